The van der Waals surface area contributed by atoms with Crippen molar-refractivity contribution in [3.8, 4) is 0 Å². The van der Waals surface area contributed by atoms with E-state index in [0.717, 1.165) is 13.1 Å². The fourth-order valence-electron chi connectivity index (χ4n) is 3.37. The predicted molar refractivity (Wildman–Crippen MR) is 105 cm³/mol. The molecule has 0 radical (unpaired) electrons. The molecule has 1 amide bonds. The number of benzene rings is 1. The van der Waals surface area contributed by atoms with E-state index in [1.807, 2.05) is 12.3 Å². The quantitative estimate of drug-likeness (QED) is 0.622. The molecule has 2 heterocycles. The molecule has 1 aliphatic heterocycles. The van der Waals surface area contributed by atoms with Crippen molar-refractivity contribution in [1.29, 1.82) is 0 Å². The van der Waals surface area contributed by atoms with Crippen LogP contribution in [0.2, 0.25) is 0 Å². The lowest BCUT2D eigenvalue weighted by Gasteiger charge is -2.31. The Morgan fingerprint density at radius 3 is 2.38 bits per heavy atom. The molecule has 26 heavy (non-hydrogen) atoms. The third-order valence-corrected chi connectivity index (χ3v) is 5.37. The topological polar surface area (TPSA) is 58.1 Å². The Bertz CT molecular complexity index is 685. The van der Waals surface area contributed by atoms with Gasteiger partial charge in [-0.2, -0.15) is 0 Å². The largest absolute Gasteiger partial charge is 0.350 e. The number of nitrogens with one attached hydrogen (secondary N) is 1. The summed E-state index contributed by atoms with van der Waals surface area (Å²) in [5.41, 5.74) is 1.76. The maximum Gasteiger partial charge on any atom is 0.254 e. The molecule has 1 saturated heterocycles. The third-order valence-electron chi connectivity index (χ3n) is 4.79. The van der Waals surface area contributed by atoms with Gasteiger partial charge in [-0.25, -0.2) is 9.97 Å². The standard InChI is InChI=1S/C20H26N4OS/c1-26-20-22-13-17(14-23-20)19(25)21-15-18(16-9-5-4-6-10-16)24-11-7-2-3-8-12-24/h4-6,9-10,13-14,18H,2-3,7-8,11-12,15H2,1H3,(H,21,25). The van der Waals surface area contributed by atoms with Crippen LogP contribution in [0.4, 0.5) is 0 Å². The van der Waals surface area contributed by atoms with E-state index in [0.29, 0.717) is 17.3 Å². The lowest BCUT2D eigenvalue weighted by molar-refractivity contribution is 0.0932. The van der Waals surface area contributed by atoms with Gasteiger partial charge in [0.05, 0.1) is 11.6 Å². The highest BCUT2D eigenvalue weighted by atomic mass is 32.2. The Kier molecular flexibility index (Phi) is 7.03. The van der Waals surface area contributed by atoms with Crippen LogP contribution in [0.5, 0.6) is 0 Å². The van der Waals surface area contributed by atoms with Crippen LogP contribution in [-0.2, 0) is 0 Å². The van der Waals surface area contributed by atoms with E-state index in [4.69, 9.17) is 0 Å². The van der Waals surface area contributed by atoms with Crippen LogP contribution in [0.1, 0.15) is 47.6 Å². The second kappa shape index (κ2) is 9.69. The summed E-state index contributed by atoms with van der Waals surface area (Å²) in [4.78, 5) is 23.4. The lowest BCUT2D eigenvalue weighted by Crippen LogP contribution is -2.38. The van der Waals surface area contributed by atoms with Gasteiger partial charge in [-0.3, -0.25) is 9.69 Å². The summed E-state index contributed by atoms with van der Waals surface area (Å²) in [6.45, 7) is 2.76. The first-order valence-electron chi connectivity index (χ1n) is 9.21. The summed E-state index contributed by atoms with van der Waals surface area (Å²) in [7, 11) is 0. The minimum atomic E-state index is -0.117. The average Bonchev–Trinajstić information content (AvgIpc) is 2.98. The summed E-state index contributed by atoms with van der Waals surface area (Å²) >= 11 is 1.46. The van der Waals surface area contributed by atoms with Crippen LogP contribution in [-0.4, -0.2) is 46.7 Å². The molecule has 2 aromatic rings. The van der Waals surface area contributed by atoms with Crippen LogP contribution in [0.15, 0.2) is 47.9 Å². The molecule has 3 rings (SSSR count). The SMILES string of the molecule is CSc1ncc(C(=O)NCC(c2ccccc2)N2CCCCCC2)cn1. The van der Waals surface area contributed by atoms with Crippen molar-refractivity contribution >= 4 is 17.7 Å². The zero-order valence-corrected chi connectivity index (χ0v) is 16.0. The van der Waals surface area contributed by atoms with Gasteiger partial charge in [-0.1, -0.05) is 54.9 Å². The zero-order chi connectivity index (χ0) is 18.2. The normalized spacial score (nSPS) is 16.7. The Hall–Kier alpha value is -1.92. The number of aromatic nitrogens is 2. The fourth-order valence-corrected chi connectivity index (χ4v) is 3.69. The number of rotatable bonds is 6. The monoisotopic (exact) mass is 370 g/mol. The first-order valence-corrected chi connectivity index (χ1v) is 10.4. The van der Waals surface area contributed by atoms with Gasteiger partial charge in [-0.15, -0.1) is 0 Å². The number of hydrogen-bond donors (Lipinski definition) is 1. The van der Waals surface area contributed by atoms with Crippen LogP contribution in [0.25, 0.3) is 0 Å². The number of amides is 1. The van der Waals surface area contributed by atoms with Gasteiger partial charge < -0.3 is 5.32 Å². The molecule has 0 saturated carbocycles. The Labute approximate surface area is 159 Å². The molecule has 1 aromatic carbocycles. The van der Waals surface area contributed by atoms with E-state index in [9.17, 15) is 4.79 Å². The highest BCUT2D eigenvalue weighted by Gasteiger charge is 2.22. The summed E-state index contributed by atoms with van der Waals surface area (Å²) in [6, 6.07) is 10.7. The Morgan fingerprint density at radius 2 is 1.77 bits per heavy atom. The van der Waals surface area contributed by atoms with Crippen molar-refractivity contribution in [2.45, 2.75) is 36.9 Å². The van der Waals surface area contributed by atoms with E-state index < -0.39 is 0 Å². The predicted octanol–water partition coefficient (Wildman–Crippen LogP) is 3.55. The third kappa shape index (κ3) is 5.05. The number of hydrogen-bond acceptors (Lipinski definition) is 5. The number of thioether (sulfide) groups is 1. The second-order valence-electron chi connectivity index (χ2n) is 6.55. The van der Waals surface area contributed by atoms with Gasteiger partial charge in [0, 0.05) is 18.9 Å². The molecule has 1 unspecified atom stereocenters. The smallest absolute Gasteiger partial charge is 0.254 e. The maximum atomic E-state index is 12.5. The Balaban J connectivity index is 1.69. The molecule has 0 aliphatic carbocycles. The maximum absolute atomic E-state index is 12.5. The van der Waals surface area contributed by atoms with Gasteiger partial charge in [0.15, 0.2) is 5.16 Å². The summed E-state index contributed by atoms with van der Waals surface area (Å²) in [5, 5.41) is 3.76. The highest BCUT2D eigenvalue weighted by molar-refractivity contribution is 7.98. The van der Waals surface area contributed by atoms with Gasteiger partial charge in [0.2, 0.25) is 0 Å². The van der Waals surface area contributed by atoms with Gasteiger partial charge in [-0.05, 0) is 37.8 Å². The molecule has 1 atom stereocenters. The molecular formula is C20H26N4OS. The number of carbonyl (C=O) groups excluding carboxylic acids is 1. The highest BCUT2D eigenvalue weighted by Crippen LogP contribution is 2.23. The molecule has 1 aromatic heterocycles. The van der Waals surface area contributed by atoms with E-state index in [1.165, 1.54) is 43.0 Å². The lowest BCUT2D eigenvalue weighted by atomic mass is 10.0. The number of likely N-dealkylation sites (tertiary alicyclic amines) is 1. The zero-order valence-electron chi connectivity index (χ0n) is 15.2. The van der Waals surface area contributed by atoms with Crippen LogP contribution < -0.4 is 5.32 Å². The van der Waals surface area contributed by atoms with Crippen LogP contribution in [0.3, 0.4) is 0 Å². The van der Waals surface area contributed by atoms with E-state index in [1.54, 1.807) is 12.4 Å². The van der Waals surface area contributed by atoms with Crippen molar-refractivity contribution in [1.82, 2.24) is 20.2 Å². The summed E-state index contributed by atoms with van der Waals surface area (Å²) in [5.74, 6) is -0.117. The molecule has 0 spiro atoms. The molecule has 5 nitrogen and oxygen atoms in total. The van der Waals surface area contributed by atoms with Crippen molar-refractivity contribution < 1.29 is 4.79 Å². The van der Waals surface area contributed by atoms with Crippen LogP contribution >= 0.6 is 11.8 Å². The number of nitrogens with zero attached hydrogens (tertiary/aromatic N) is 3. The summed E-state index contributed by atoms with van der Waals surface area (Å²) in [6.07, 6.45) is 10.1. The molecule has 138 valence electrons. The molecular weight excluding hydrogens is 344 g/mol. The van der Waals surface area contributed by atoms with E-state index in [2.05, 4.69) is 44.5 Å². The van der Waals surface area contributed by atoms with Gasteiger partial charge >= 0.3 is 0 Å². The molecule has 0 bridgehead atoms. The van der Waals surface area contributed by atoms with Crippen LogP contribution in [0, 0.1) is 0 Å². The first kappa shape index (κ1) is 18.9. The number of carbonyl (C=O) groups is 1. The van der Waals surface area contributed by atoms with Crippen molar-refractivity contribution in [2.75, 3.05) is 25.9 Å². The molecule has 1 fully saturated rings. The minimum absolute atomic E-state index is 0.117. The van der Waals surface area contributed by atoms with Gasteiger partial charge in [0.25, 0.3) is 5.91 Å². The Morgan fingerprint density at radius 1 is 1.12 bits per heavy atom. The molecule has 6 heteroatoms. The van der Waals surface area contributed by atoms with E-state index >= 15 is 0 Å². The van der Waals surface area contributed by atoms with Gasteiger partial charge in [0.1, 0.15) is 0 Å². The minimum Gasteiger partial charge on any atom is -0.350 e. The fraction of sp³-hybridized carbons (Fsp3) is 0.450. The average molecular weight is 371 g/mol. The molecule has 1 N–H and O–H groups in total. The van der Waals surface area contributed by atoms with Crippen molar-refractivity contribution in [3.63, 3.8) is 0 Å². The second-order valence-corrected chi connectivity index (χ2v) is 7.32. The van der Waals surface area contributed by atoms with Crippen molar-refractivity contribution in [3.05, 3.63) is 53.9 Å². The first-order chi connectivity index (χ1) is 12.8. The van der Waals surface area contributed by atoms with Crippen molar-refractivity contribution in [2.24, 2.45) is 0 Å². The van der Waals surface area contributed by atoms with E-state index in [-0.39, 0.29) is 11.9 Å². The summed E-state index contributed by atoms with van der Waals surface area (Å²) < 4.78 is 0. The molecule has 1 aliphatic rings.